The normalized spacial score (nSPS) is 35.1. The van der Waals surface area contributed by atoms with Gasteiger partial charge in [-0.2, -0.15) is 0 Å². The molecule has 0 aromatic rings. The first-order valence-corrected chi connectivity index (χ1v) is 12.0. The molecule has 0 bridgehead atoms. The van der Waals surface area contributed by atoms with Gasteiger partial charge in [0.15, 0.2) is 0 Å². The van der Waals surface area contributed by atoms with Crippen molar-refractivity contribution in [3.05, 3.63) is 0 Å². The van der Waals surface area contributed by atoms with E-state index in [2.05, 4.69) is 5.32 Å². The van der Waals surface area contributed by atoms with Crippen LogP contribution in [0.5, 0.6) is 0 Å². The van der Waals surface area contributed by atoms with Crippen LogP contribution in [0.25, 0.3) is 0 Å². The fraction of sp³-hybridized carbons (Fsp3) is 0.929. The van der Waals surface area contributed by atoms with Crippen LogP contribution >= 0.6 is 0 Å². The Labute approximate surface area is 247 Å². The van der Waals surface area contributed by atoms with Gasteiger partial charge in [0.2, 0.25) is 5.91 Å². The van der Waals surface area contributed by atoms with Gasteiger partial charge in [-0.25, -0.2) is 0 Å². The van der Waals surface area contributed by atoms with Crippen LogP contribution in [-0.4, -0.2) is 55.7 Å². The molecule has 0 aliphatic heterocycles. The molecule has 2 aliphatic carbocycles. The molecular weight excluding hydrogens is 453 g/mol. The van der Waals surface area contributed by atoms with Crippen LogP contribution in [0.3, 0.4) is 0 Å². The molecular formula is C14H23K2NO6S3. The summed E-state index contributed by atoms with van der Waals surface area (Å²) in [6.07, 6.45) is 5.19. The number of carbonyl (C=O) groups excluding carboxylic acids is 1. The van der Waals surface area contributed by atoms with Crippen molar-refractivity contribution in [1.82, 2.24) is 5.32 Å². The van der Waals surface area contributed by atoms with E-state index in [1.165, 1.54) is 0 Å². The van der Waals surface area contributed by atoms with Crippen LogP contribution < -0.4 is 108 Å². The molecule has 2 saturated carbocycles. The number of hydrogen-bond acceptors (Lipinski definition) is 6. The van der Waals surface area contributed by atoms with E-state index in [0.717, 1.165) is 19.3 Å². The Balaban J connectivity index is 0.00000312. The second-order valence-corrected chi connectivity index (χ2v) is 10.7. The number of carbonyl (C=O) groups is 1. The quantitative estimate of drug-likeness (QED) is 0.312. The molecule has 12 heteroatoms. The minimum atomic E-state index is -2.36. The Bertz CT molecular complexity index is 531. The molecule has 7 nitrogen and oxygen atoms in total. The van der Waals surface area contributed by atoms with Gasteiger partial charge in [-0.1, -0.05) is 28.6 Å². The Hall–Kier alpha value is 3.11. The first-order chi connectivity index (χ1) is 11.3. The van der Waals surface area contributed by atoms with E-state index in [4.69, 9.17) is 0 Å². The second kappa shape index (κ2) is 14.2. The van der Waals surface area contributed by atoms with E-state index in [1.807, 2.05) is 0 Å². The molecule has 0 spiro atoms. The van der Waals surface area contributed by atoms with E-state index < -0.39 is 49.5 Å². The van der Waals surface area contributed by atoms with E-state index in [0.29, 0.717) is 6.42 Å². The fourth-order valence-electron chi connectivity index (χ4n) is 3.65. The molecule has 7 unspecified atom stereocenters. The second-order valence-electron chi connectivity index (χ2n) is 6.66. The SMILES string of the molecule is CS(=O)C1CCCC(C(=O)NC2CC(S(=O)[O-])CC(S(=O)[O-])C2)C1.[K+].[K+]. The first kappa shape index (κ1) is 29.1. The van der Waals surface area contributed by atoms with E-state index in [9.17, 15) is 26.5 Å². The molecule has 26 heavy (non-hydrogen) atoms. The summed E-state index contributed by atoms with van der Waals surface area (Å²) < 4.78 is 56.5. The van der Waals surface area contributed by atoms with Crippen molar-refractivity contribution in [1.29, 1.82) is 0 Å². The molecule has 2 aliphatic rings. The maximum Gasteiger partial charge on any atom is 1.00 e. The fourth-order valence-corrected chi connectivity index (χ4v) is 6.33. The maximum absolute atomic E-state index is 12.5. The van der Waals surface area contributed by atoms with Gasteiger partial charge in [0.25, 0.3) is 0 Å². The molecule has 7 atom stereocenters. The standard InChI is InChI=1S/C14H25NO6S3.2K/c1-22(17)11-4-2-3-9(5-11)14(16)15-10-6-12(23(18)19)8-13(7-10)24(20)21;;/h9-13H,2-8H2,1H3,(H,15,16)(H,18,19)(H,20,21);;/q;2*+1/p-2. The van der Waals surface area contributed by atoms with Gasteiger partial charge in [-0.05, 0) is 38.5 Å². The van der Waals surface area contributed by atoms with Gasteiger partial charge in [-0.3, -0.25) is 17.4 Å². The molecule has 0 heterocycles. The molecule has 2 rings (SSSR count). The van der Waals surface area contributed by atoms with Gasteiger partial charge >= 0.3 is 103 Å². The summed E-state index contributed by atoms with van der Waals surface area (Å²) in [7, 11) is -0.963. The van der Waals surface area contributed by atoms with E-state index >= 15 is 0 Å². The summed E-state index contributed by atoms with van der Waals surface area (Å²) in [5, 5.41) is 1.34. The van der Waals surface area contributed by atoms with Crippen LogP contribution in [0.4, 0.5) is 0 Å². The summed E-state index contributed by atoms with van der Waals surface area (Å²) in [5.41, 5.74) is 0. The number of rotatable bonds is 5. The molecule has 0 aromatic heterocycles. The zero-order valence-corrected chi connectivity index (χ0v) is 24.2. The third-order valence-electron chi connectivity index (χ3n) is 4.98. The van der Waals surface area contributed by atoms with Crippen LogP contribution in [0, 0.1) is 5.92 Å². The Kier molecular flexibility index (Phi) is 15.9. The van der Waals surface area contributed by atoms with Crippen molar-refractivity contribution in [2.75, 3.05) is 6.26 Å². The van der Waals surface area contributed by atoms with Gasteiger partial charge < -0.3 is 14.4 Å². The number of hydrogen-bond donors (Lipinski definition) is 1. The zero-order chi connectivity index (χ0) is 17.9. The molecule has 1 amide bonds. The topological polar surface area (TPSA) is 126 Å². The third-order valence-corrected chi connectivity index (χ3v) is 8.20. The predicted molar refractivity (Wildman–Crippen MR) is 91.0 cm³/mol. The van der Waals surface area contributed by atoms with E-state index in [-0.39, 0.29) is 139 Å². The van der Waals surface area contributed by atoms with Crippen molar-refractivity contribution < 1.29 is 129 Å². The average molecular weight is 476 g/mol. The molecule has 1 N–H and O–H groups in total. The maximum atomic E-state index is 12.5. The van der Waals surface area contributed by atoms with Gasteiger partial charge in [0.1, 0.15) is 0 Å². The minimum absolute atomic E-state index is 0. The molecule has 0 aromatic carbocycles. The monoisotopic (exact) mass is 475 g/mol. The number of nitrogens with one attached hydrogen (secondary N) is 1. The summed E-state index contributed by atoms with van der Waals surface area (Å²) in [6.45, 7) is 0. The minimum Gasteiger partial charge on any atom is -0.772 e. The van der Waals surface area contributed by atoms with Crippen LogP contribution in [0.2, 0.25) is 0 Å². The van der Waals surface area contributed by atoms with Gasteiger partial charge in [-0.15, -0.1) is 0 Å². The summed E-state index contributed by atoms with van der Waals surface area (Å²) in [4.78, 5) is 12.5. The average Bonchev–Trinajstić information content (AvgIpc) is 2.54. The van der Waals surface area contributed by atoms with Crippen LogP contribution in [0.1, 0.15) is 44.9 Å². The van der Waals surface area contributed by atoms with E-state index in [1.54, 1.807) is 6.26 Å². The third kappa shape index (κ3) is 9.08. The number of amides is 1. The van der Waals surface area contributed by atoms with Gasteiger partial charge in [0, 0.05) is 44.8 Å². The molecule has 0 saturated heterocycles. The molecule has 140 valence electrons. The van der Waals surface area contributed by atoms with Gasteiger partial charge in [0.05, 0.1) is 0 Å². The summed E-state index contributed by atoms with van der Waals surface area (Å²) in [5.74, 6) is -0.412. The van der Waals surface area contributed by atoms with Crippen molar-refractivity contribution in [2.45, 2.75) is 66.7 Å². The van der Waals surface area contributed by atoms with Crippen molar-refractivity contribution in [3.63, 3.8) is 0 Å². The Morgan fingerprint density at radius 2 is 1.42 bits per heavy atom. The van der Waals surface area contributed by atoms with Crippen molar-refractivity contribution in [3.8, 4) is 0 Å². The van der Waals surface area contributed by atoms with Crippen molar-refractivity contribution >= 4 is 38.9 Å². The largest absolute Gasteiger partial charge is 1.00 e. The summed E-state index contributed by atoms with van der Waals surface area (Å²) >= 11 is -4.71. The smallest absolute Gasteiger partial charge is 0.772 e. The first-order valence-electron chi connectivity index (χ1n) is 8.06. The molecule has 0 radical (unpaired) electrons. The summed E-state index contributed by atoms with van der Waals surface area (Å²) in [6, 6.07) is -0.454. The Morgan fingerprint density at radius 1 is 0.885 bits per heavy atom. The van der Waals surface area contributed by atoms with Crippen LogP contribution in [0.15, 0.2) is 0 Å². The van der Waals surface area contributed by atoms with Crippen LogP contribution in [-0.2, 0) is 37.8 Å². The predicted octanol–water partition coefficient (Wildman–Crippen LogP) is -5.90. The Morgan fingerprint density at radius 3 is 1.88 bits per heavy atom. The molecule has 2 fully saturated rings. The van der Waals surface area contributed by atoms with Crippen molar-refractivity contribution in [2.24, 2.45) is 5.92 Å². The zero-order valence-electron chi connectivity index (χ0n) is 15.5.